The molecule has 3 nitrogen and oxygen atoms in total. The van der Waals surface area contributed by atoms with Crippen molar-refractivity contribution in [2.75, 3.05) is 0 Å². The minimum Gasteiger partial charge on any atom is -0.312 e. The number of nitrogens with zero attached hydrogens (tertiary/aromatic N) is 1. The molecular formula is C13H16ClNO2. The van der Waals surface area contributed by atoms with Gasteiger partial charge < -0.3 is 4.57 Å². The molecule has 1 saturated carbocycles. The number of hydrogen-bond donors (Lipinski definition) is 0. The smallest absolute Gasteiger partial charge is 0.262 e. The molecule has 1 aromatic heterocycles. The standard InChI is InChI=1S/C13H16ClNO2/c1-9-4-6-10(7-5-9)15-8-2-3-11(12(14)16)13(15)17/h2-3,8-10H,4-7H2,1H3. The molecule has 0 aromatic carbocycles. The summed E-state index contributed by atoms with van der Waals surface area (Å²) in [6.07, 6.45) is 6.03. The van der Waals surface area contributed by atoms with Crippen molar-refractivity contribution in [1.29, 1.82) is 0 Å². The molecule has 0 amide bonds. The Bertz CT molecular complexity index is 473. The summed E-state index contributed by atoms with van der Waals surface area (Å²) in [4.78, 5) is 23.2. The van der Waals surface area contributed by atoms with E-state index in [0.29, 0.717) is 0 Å². The minimum atomic E-state index is -0.673. The van der Waals surface area contributed by atoms with Gasteiger partial charge in [-0.3, -0.25) is 9.59 Å². The number of hydrogen-bond acceptors (Lipinski definition) is 2. The maximum Gasteiger partial charge on any atom is 0.262 e. The van der Waals surface area contributed by atoms with E-state index in [1.165, 1.54) is 6.07 Å². The Hall–Kier alpha value is -1.09. The van der Waals surface area contributed by atoms with Crippen LogP contribution in [-0.2, 0) is 0 Å². The molecule has 0 saturated heterocycles. The van der Waals surface area contributed by atoms with Gasteiger partial charge in [0.25, 0.3) is 10.8 Å². The summed E-state index contributed by atoms with van der Waals surface area (Å²) in [5, 5.41) is -0.673. The Morgan fingerprint density at radius 2 is 2.00 bits per heavy atom. The van der Waals surface area contributed by atoms with Crippen LogP contribution < -0.4 is 5.56 Å². The summed E-state index contributed by atoms with van der Waals surface area (Å²) >= 11 is 5.39. The van der Waals surface area contributed by atoms with Gasteiger partial charge in [0.1, 0.15) is 0 Å². The number of carbonyl (C=O) groups is 1. The average Bonchev–Trinajstić information content (AvgIpc) is 2.30. The van der Waals surface area contributed by atoms with Gasteiger partial charge in [-0.2, -0.15) is 0 Å². The fraction of sp³-hybridized carbons (Fsp3) is 0.538. The molecular weight excluding hydrogens is 238 g/mol. The third-order valence-electron chi connectivity index (χ3n) is 3.57. The fourth-order valence-corrected chi connectivity index (χ4v) is 2.61. The monoisotopic (exact) mass is 253 g/mol. The first-order valence-corrected chi connectivity index (χ1v) is 6.38. The molecule has 1 aliphatic rings. The quantitative estimate of drug-likeness (QED) is 0.760. The SMILES string of the molecule is CC1CCC(n2cccc(C(=O)Cl)c2=O)CC1. The van der Waals surface area contributed by atoms with Gasteiger partial charge in [0.15, 0.2) is 0 Å². The van der Waals surface area contributed by atoms with Crippen molar-refractivity contribution in [3.63, 3.8) is 0 Å². The molecule has 0 atom stereocenters. The van der Waals surface area contributed by atoms with Crippen molar-refractivity contribution in [2.24, 2.45) is 5.92 Å². The van der Waals surface area contributed by atoms with Crippen LogP contribution in [0.25, 0.3) is 0 Å². The number of pyridine rings is 1. The maximum absolute atomic E-state index is 12.0. The lowest BCUT2D eigenvalue weighted by Crippen LogP contribution is -2.30. The molecule has 0 aliphatic heterocycles. The third-order valence-corrected chi connectivity index (χ3v) is 3.77. The van der Waals surface area contributed by atoms with E-state index < -0.39 is 5.24 Å². The van der Waals surface area contributed by atoms with Crippen LogP contribution in [0.5, 0.6) is 0 Å². The maximum atomic E-state index is 12.0. The lowest BCUT2D eigenvalue weighted by molar-refractivity contribution is 0.107. The average molecular weight is 254 g/mol. The van der Waals surface area contributed by atoms with E-state index in [4.69, 9.17) is 11.6 Å². The Balaban J connectivity index is 2.30. The van der Waals surface area contributed by atoms with Crippen LogP contribution in [0.1, 0.15) is 49.0 Å². The molecule has 0 unspecified atom stereocenters. The summed E-state index contributed by atoms with van der Waals surface area (Å²) in [6.45, 7) is 2.23. The molecule has 0 bridgehead atoms. The summed E-state index contributed by atoms with van der Waals surface area (Å²) in [5.74, 6) is 0.736. The van der Waals surface area contributed by atoms with Crippen molar-refractivity contribution in [3.8, 4) is 0 Å². The van der Waals surface area contributed by atoms with Crippen molar-refractivity contribution >= 4 is 16.8 Å². The van der Waals surface area contributed by atoms with E-state index in [0.717, 1.165) is 31.6 Å². The highest BCUT2D eigenvalue weighted by Crippen LogP contribution is 2.30. The summed E-state index contributed by atoms with van der Waals surface area (Å²) in [7, 11) is 0. The first-order chi connectivity index (χ1) is 8.09. The lowest BCUT2D eigenvalue weighted by atomic mass is 9.87. The largest absolute Gasteiger partial charge is 0.312 e. The summed E-state index contributed by atoms with van der Waals surface area (Å²) in [6, 6.07) is 3.42. The number of aromatic nitrogens is 1. The van der Waals surface area contributed by atoms with Gasteiger partial charge in [0.2, 0.25) is 0 Å². The molecule has 1 aliphatic carbocycles. The molecule has 2 rings (SSSR count). The predicted octanol–water partition coefficient (Wildman–Crippen LogP) is 2.98. The Labute approximate surface area is 105 Å². The zero-order chi connectivity index (χ0) is 12.4. The van der Waals surface area contributed by atoms with E-state index >= 15 is 0 Å². The van der Waals surface area contributed by atoms with Gasteiger partial charge >= 0.3 is 0 Å². The second-order valence-electron chi connectivity index (χ2n) is 4.82. The minimum absolute atomic E-state index is 0.0767. The van der Waals surface area contributed by atoms with E-state index in [1.807, 2.05) is 0 Å². The van der Waals surface area contributed by atoms with E-state index in [-0.39, 0.29) is 17.2 Å². The Morgan fingerprint density at radius 3 is 2.59 bits per heavy atom. The molecule has 1 aromatic rings. The van der Waals surface area contributed by atoms with Gasteiger partial charge in [-0.05, 0) is 55.3 Å². The highest BCUT2D eigenvalue weighted by Gasteiger charge is 2.21. The van der Waals surface area contributed by atoms with Crippen molar-refractivity contribution in [2.45, 2.75) is 38.6 Å². The van der Waals surface area contributed by atoms with Crippen LogP contribution in [0.3, 0.4) is 0 Å². The predicted molar refractivity (Wildman–Crippen MR) is 67.6 cm³/mol. The molecule has 1 fully saturated rings. The van der Waals surface area contributed by atoms with Crippen molar-refractivity contribution in [1.82, 2.24) is 4.57 Å². The molecule has 4 heteroatoms. The van der Waals surface area contributed by atoms with E-state index in [9.17, 15) is 9.59 Å². The molecule has 92 valence electrons. The second kappa shape index (κ2) is 5.05. The lowest BCUT2D eigenvalue weighted by Gasteiger charge is -2.27. The topological polar surface area (TPSA) is 39.1 Å². The van der Waals surface area contributed by atoms with E-state index in [1.54, 1.807) is 16.8 Å². The highest BCUT2D eigenvalue weighted by atomic mass is 35.5. The van der Waals surface area contributed by atoms with Crippen molar-refractivity contribution in [3.05, 3.63) is 34.2 Å². The first kappa shape index (κ1) is 12.4. The van der Waals surface area contributed by atoms with E-state index in [2.05, 4.69) is 6.92 Å². The van der Waals surface area contributed by atoms with Gasteiger partial charge in [0.05, 0.1) is 5.56 Å². The zero-order valence-electron chi connectivity index (χ0n) is 9.86. The zero-order valence-corrected chi connectivity index (χ0v) is 10.6. The molecule has 17 heavy (non-hydrogen) atoms. The Morgan fingerprint density at radius 1 is 1.35 bits per heavy atom. The van der Waals surface area contributed by atoms with Gasteiger partial charge in [-0.15, -0.1) is 0 Å². The van der Waals surface area contributed by atoms with Crippen LogP contribution in [0.2, 0.25) is 0 Å². The molecule has 1 heterocycles. The second-order valence-corrected chi connectivity index (χ2v) is 5.16. The number of carbonyl (C=O) groups excluding carboxylic acids is 1. The number of rotatable bonds is 2. The van der Waals surface area contributed by atoms with Crippen LogP contribution in [-0.4, -0.2) is 9.81 Å². The summed E-state index contributed by atoms with van der Waals surface area (Å²) < 4.78 is 1.67. The Kier molecular flexibility index (Phi) is 3.67. The third kappa shape index (κ3) is 2.60. The molecule has 0 radical (unpaired) electrons. The first-order valence-electron chi connectivity index (χ1n) is 6.00. The number of halogens is 1. The molecule has 0 N–H and O–H groups in total. The van der Waals surface area contributed by atoms with Crippen LogP contribution in [0.4, 0.5) is 0 Å². The van der Waals surface area contributed by atoms with Gasteiger partial charge in [-0.25, -0.2) is 0 Å². The van der Waals surface area contributed by atoms with Crippen LogP contribution in [0.15, 0.2) is 23.1 Å². The van der Waals surface area contributed by atoms with Gasteiger partial charge in [0, 0.05) is 12.2 Å². The fourth-order valence-electron chi connectivity index (χ4n) is 2.47. The van der Waals surface area contributed by atoms with Crippen LogP contribution in [0, 0.1) is 5.92 Å². The van der Waals surface area contributed by atoms with Gasteiger partial charge in [-0.1, -0.05) is 6.92 Å². The van der Waals surface area contributed by atoms with Crippen molar-refractivity contribution < 1.29 is 4.79 Å². The normalized spacial score (nSPS) is 24.6. The summed E-state index contributed by atoms with van der Waals surface area (Å²) in [5.41, 5.74) is -0.181. The molecule has 0 spiro atoms. The van der Waals surface area contributed by atoms with Crippen LogP contribution >= 0.6 is 11.6 Å². The highest BCUT2D eigenvalue weighted by molar-refractivity contribution is 6.67.